The molecule has 4 aromatic rings. The standard InChI is InChI=1S/C23H22N6/c1-4-13-28-17(3)22(20-7-5-6-8-21(20)28)26-27-23-18(14-24)15-25-29(23)19-11-9-16(2)10-12-19/h5-12,15H,4,13H2,1-3H3. The highest BCUT2D eigenvalue weighted by Crippen LogP contribution is 2.35. The second-order valence-corrected chi connectivity index (χ2v) is 7.04. The quantitative estimate of drug-likeness (QED) is 0.389. The molecular weight excluding hydrogens is 360 g/mol. The van der Waals surface area contributed by atoms with E-state index in [1.165, 1.54) is 6.20 Å². The van der Waals surface area contributed by atoms with Gasteiger partial charge in [-0.15, -0.1) is 10.2 Å². The Morgan fingerprint density at radius 2 is 1.79 bits per heavy atom. The molecule has 0 spiro atoms. The third kappa shape index (κ3) is 3.32. The maximum Gasteiger partial charge on any atom is 0.195 e. The van der Waals surface area contributed by atoms with Gasteiger partial charge in [0.15, 0.2) is 5.82 Å². The SMILES string of the molecule is CCCn1c(C)c(N=Nc2c(C#N)cnn2-c2ccc(C)cc2)c2ccccc21. The van der Waals surface area contributed by atoms with Crippen LogP contribution in [0.4, 0.5) is 11.5 Å². The zero-order valence-electron chi connectivity index (χ0n) is 16.8. The van der Waals surface area contributed by atoms with Crippen LogP contribution < -0.4 is 0 Å². The van der Waals surface area contributed by atoms with Crippen LogP contribution in [-0.2, 0) is 6.54 Å². The Labute approximate surface area is 169 Å². The van der Waals surface area contributed by atoms with Crippen molar-refractivity contribution < 1.29 is 0 Å². The van der Waals surface area contributed by atoms with Crippen LogP contribution in [0.15, 0.2) is 65.0 Å². The summed E-state index contributed by atoms with van der Waals surface area (Å²) in [6, 6.07) is 18.3. The van der Waals surface area contributed by atoms with Crippen molar-refractivity contribution in [3.63, 3.8) is 0 Å². The maximum absolute atomic E-state index is 9.51. The summed E-state index contributed by atoms with van der Waals surface area (Å²) in [5.41, 5.74) is 5.43. The van der Waals surface area contributed by atoms with E-state index in [1.54, 1.807) is 4.68 Å². The smallest absolute Gasteiger partial charge is 0.195 e. The molecule has 2 aromatic carbocycles. The van der Waals surface area contributed by atoms with Crippen LogP contribution in [0.5, 0.6) is 0 Å². The van der Waals surface area contributed by atoms with Crippen molar-refractivity contribution in [2.45, 2.75) is 33.7 Å². The second-order valence-electron chi connectivity index (χ2n) is 7.04. The maximum atomic E-state index is 9.51. The molecule has 2 aromatic heterocycles. The minimum atomic E-state index is 0.393. The van der Waals surface area contributed by atoms with Crippen LogP contribution in [0.25, 0.3) is 16.6 Å². The number of aryl methyl sites for hydroxylation is 2. The van der Waals surface area contributed by atoms with Crippen LogP contribution in [0.2, 0.25) is 0 Å². The molecule has 2 heterocycles. The highest BCUT2D eigenvalue weighted by Gasteiger charge is 2.15. The number of benzene rings is 2. The molecule has 0 atom stereocenters. The molecule has 6 nitrogen and oxygen atoms in total. The van der Waals surface area contributed by atoms with E-state index in [1.807, 2.05) is 43.3 Å². The summed E-state index contributed by atoms with van der Waals surface area (Å²) in [7, 11) is 0. The lowest BCUT2D eigenvalue weighted by Gasteiger charge is -2.05. The fourth-order valence-corrected chi connectivity index (χ4v) is 3.54. The van der Waals surface area contributed by atoms with Gasteiger partial charge in [-0.1, -0.05) is 42.8 Å². The molecule has 0 saturated carbocycles. The number of nitrogens with zero attached hydrogens (tertiary/aromatic N) is 6. The molecular formula is C23H22N6. The predicted molar refractivity (Wildman–Crippen MR) is 114 cm³/mol. The summed E-state index contributed by atoms with van der Waals surface area (Å²) in [6.07, 6.45) is 2.57. The van der Waals surface area contributed by atoms with E-state index in [4.69, 9.17) is 0 Å². The minimum absolute atomic E-state index is 0.393. The summed E-state index contributed by atoms with van der Waals surface area (Å²) in [6.45, 7) is 7.18. The topological polar surface area (TPSA) is 71.3 Å². The average molecular weight is 382 g/mol. The normalized spacial score (nSPS) is 11.4. The molecule has 29 heavy (non-hydrogen) atoms. The molecule has 0 radical (unpaired) electrons. The minimum Gasteiger partial charge on any atom is -0.343 e. The molecule has 0 aliphatic carbocycles. The van der Waals surface area contributed by atoms with Crippen molar-refractivity contribution in [1.82, 2.24) is 14.3 Å². The largest absolute Gasteiger partial charge is 0.343 e. The molecule has 0 N–H and O–H groups in total. The first-order chi connectivity index (χ1) is 14.1. The molecule has 144 valence electrons. The van der Waals surface area contributed by atoms with E-state index in [0.29, 0.717) is 11.4 Å². The molecule has 0 unspecified atom stereocenters. The number of para-hydroxylation sites is 1. The van der Waals surface area contributed by atoms with Gasteiger partial charge < -0.3 is 4.57 Å². The zero-order chi connectivity index (χ0) is 20.4. The van der Waals surface area contributed by atoms with Gasteiger partial charge in [-0.25, -0.2) is 4.68 Å². The van der Waals surface area contributed by atoms with Crippen molar-refractivity contribution in [3.05, 3.63) is 71.5 Å². The fourth-order valence-electron chi connectivity index (χ4n) is 3.54. The predicted octanol–water partition coefficient (Wildman–Crippen LogP) is 6.14. The Morgan fingerprint density at radius 3 is 2.52 bits per heavy atom. The first-order valence-corrected chi connectivity index (χ1v) is 9.68. The van der Waals surface area contributed by atoms with Gasteiger partial charge in [0.2, 0.25) is 0 Å². The van der Waals surface area contributed by atoms with Crippen molar-refractivity contribution in [1.29, 1.82) is 5.26 Å². The van der Waals surface area contributed by atoms with Crippen molar-refractivity contribution in [2.24, 2.45) is 10.2 Å². The van der Waals surface area contributed by atoms with Gasteiger partial charge in [0.1, 0.15) is 17.3 Å². The number of rotatable bonds is 5. The van der Waals surface area contributed by atoms with Crippen LogP contribution in [0, 0.1) is 25.2 Å². The van der Waals surface area contributed by atoms with Crippen LogP contribution in [-0.4, -0.2) is 14.3 Å². The lowest BCUT2D eigenvalue weighted by Crippen LogP contribution is -1.98. The van der Waals surface area contributed by atoms with Gasteiger partial charge in [-0.3, -0.25) is 0 Å². The summed E-state index contributed by atoms with van der Waals surface area (Å²) in [5, 5.41) is 24.0. The molecule has 6 heteroatoms. The number of hydrogen-bond acceptors (Lipinski definition) is 4. The molecule has 0 aliphatic heterocycles. The highest BCUT2D eigenvalue weighted by atomic mass is 15.3. The Bertz CT molecular complexity index is 1240. The highest BCUT2D eigenvalue weighted by molar-refractivity contribution is 5.93. The number of hydrogen-bond donors (Lipinski definition) is 0. The molecule has 0 aliphatic rings. The van der Waals surface area contributed by atoms with Gasteiger partial charge >= 0.3 is 0 Å². The monoisotopic (exact) mass is 382 g/mol. The number of azo groups is 1. The van der Waals surface area contributed by atoms with E-state index >= 15 is 0 Å². The van der Waals surface area contributed by atoms with Gasteiger partial charge in [0.25, 0.3) is 0 Å². The summed E-state index contributed by atoms with van der Waals surface area (Å²) in [4.78, 5) is 0. The van der Waals surface area contributed by atoms with Gasteiger partial charge in [0.05, 0.1) is 17.4 Å². The molecule has 0 bridgehead atoms. The summed E-state index contributed by atoms with van der Waals surface area (Å²) in [5.74, 6) is 0.433. The zero-order valence-corrected chi connectivity index (χ0v) is 16.8. The first-order valence-electron chi connectivity index (χ1n) is 9.68. The lowest BCUT2D eigenvalue weighted by atomic mass is 10.2. The summed E-state index contributed by atoms with van der Waals surface area (Å²) < 4.78 is 3.92. The van der Waals surface area contributed by atoms with E-state index < -0.39 is 0 Å². The van der Waals surface area contributed by atoms with Gasteiger partial charge in [-0.05, 0) is 38.5 Å². The van der Waals surface area contributed by atoms with E-state index in [9.17, 15) is 5.26 Å². The first kappa shape index (κ1) is 18.6. The molecule has 0 saturated heterocycles. The Hall–Kier alpha value is -3.72. The van der Waals surface area contributed by atoms with Crippen molar-refractivity contribution in [3.8, 4) is 11.8 Å². The van der Waals surface area contributed by atoms with Crippen LogP contribution in [0.3, 0.4) is 0 Å². The number of nitriles is 1. The van der Waals surface area contributed by atoms with Gasteiger partial charge in [-0.2, -0.15) is 10.4 Å². The molecule has 0 amide bonds. The third-order valence-corrected chi connectivity index (χ3v) is 5.03. The van der Waals surface area contributed by atoms with E-state index in [2.05, 4.69) is 51.9 Å². The van der Waals surface area contributed by atoms with Crippen molar-refractivity contribution >= 4 is 22.4 Å². The summed E-state index contributed by atoms with van der Waals surface area (Å²) >= 11 is 0. The molecule has 0 fully saturated rings. The van der Waals surface area contributed by atoms with E-state index in [-0.39, 0.29) is 0 Å². The molecule has 4 rings (SSSR count). The van der Waals surface area contributed by atoms with Gasteiger partial charge in [0, 0.05) is 17.6 Å². The Kier molecular flexibility index (Phi) is 4.96. The Morgan fingerprint density at radius 1 is 1.03 bits per heavy atom. The van der Waals surface area contributed by atoms with Crippen LogP contribution >= 0.6 is 0 Å². The van der Waals surface area contributed by atoms with Crippen molar-refractivity contribution in [2.75, 3.05) is 0 Å². The Balaban J connectivity index is 1.83. The lowest BCUT2D eigenvalue weighted by molar-refractivity contribution is 0.686. The number of fused-ring (bicyclic) bond motifs is 1. The second kappa shape index (κ2) is 7.72. The fraction of sp³-hybridized carbons (Fsp3) is 0.217. The average Bonchev–Trinajstić information content (AvgIpc) is 3.26. The van der Waals surface area contributed by atoms with Crippen LogP contribution in [0.1, 0.15) is 30.2 Å². The number of aromatic nitrogens is 3. The van der Waals surface area contributed by atoms with E-state index in [0.717, 1.165) is 46.5 Å². The third-order valence-electron chi connectivity index (χ3n) is 5.03.